The summed E-state index contributed by atoms with van der Waals surface area (Å²) in [7, 11) is 0. The van der Waals surface area contributed by atoms with Crippen molar-refractivity contribution in [1.29, 1.82) is 0 Å². The van der Waals surface area contributed by atoms with Gasteiger partial charge >= 0.3 is 0 Å². The summed E-state index contributed by atoms with van der Waals surface area (Å²) in [5.41, 5.74) is 0. The van der Waals surface area contributed by atoms with Crippen molar-refractivity contribution in [3.8, 4) is 0 Å². The van der Waals surface area contributed by atoms with E-state index in [9.17, 15) is 4.79 Å². The van der Waals surface area contributed by atoms with Gasteiger partial charge in [0.05, 0.1) is 6.04 Å². The van der Waals surface area contributed by atoms with Crippen LogP contribution in [0.5, 0.6) is 0 Å². The average Bonchev–Trinajstić information content (AvgIpc) is 2.61. The van der Waals surface area contributed by atoms with Crippen LogP contribution in [0.15, 0.2) is 0 Å². The molecular weight excluding hydrogens is 212 g/mol. The molecule has 1 unspecified atom stereocenters. The molecular formula is C14H26N2O. The molecule has 17 heavy (non-hydrogen) atoms. The van der Waals surface area contributed by atoms with Crippen molar-refractivity contribution in [2.45, 2.75) is 70.4 Å². The summed E-state index contributed by atoms with van der Waals surface area (Å²) in [5, 5.41) is 3.33. The van der Waals surface area contributed by atoms with Gasteiger partial charge in [-0.1, -0.05) is 32.6 Å². The van der Waals surface area contributed by atoms with Crippen molar-refractivity contribution in [3.63, 3.8) is 0 Å². The van der Waals surface area contributed by atoms with E-state index in [4.69, 9.17) is 0 Å². The van der Waals surface area contributed by atoms with Crippen molar-refractivity contribution >= 4 is 5.91 Å². The highest BCUT2D eigenvalue weighted by Gasteiger charge is 2.32. The van der Waals surface area contributed by atoms with E-state index in [0.717, 1.165) is 19.5 Å². The van der Waals surface area contributed by atoms with Crippen molar-refractivity contribution in [2.75, 3.05) is 13.1 Å². The lowest BCUT2D eigenvalue weighted by Crippen LogP contribution is -2.54. The molecule has 1 N–H and O–H groups in total. The Hall–Kier alpha value is -0.570. The Morgan fingerprint density at radius 3 is 2.47 bits per heavy atom. The molecule has 1 aliphatic carbocycles. The smallest absolute Gasteiger partial charge is 0.239 e. The zero-order valence-electron chi connectivity index (χ0n) is 11.1. The molecule has 1 atom stereocenters. The maximum Gasteiger partial charge on any atom is 0.239 e. The van der Waals surface area contributed by atoms with E-state index in [1.54, 1.807) is 0 Å². The summed E-state index contributed by atoms with van der Waals surface area (Å²) in [6.07, 6.45) is 9.97. The number of carbonyl (C=O) groups is 1. The van der Waals surface area contributed by atoms with Gasteiger partial charge in [-0.25, -0.2) is 0 Å². The number of amides is 1. The Bertz CT molecular complexity index is 245. The monoisotopic (exact) mass is 238 g/mol. The van der Waals surface area contributed by atoms with Crippen LogP contribution in [-0.2, 0) is 4.79 Å². The third-order valence-electron chi connectivity index (χ3n) is 4.19. The van der Waals surface area contributed by atoms with Crippen LogP contribution in [0.25, 0.3) is 0 Å². The van der Waals surface area contributed by atoms with Crippen LogP contribution in [-0.4, -0.2) is 36.0 Å². The zero-order chi connectivity index (χ0) is 12.1. The van der Waals surface area contributed by atoms with E-state index in [0.29, 0.717) is 11.9 Å². The first kappa shape index (κ1) is 12.9. The minimum absolute atomic E-state index is 0.0944. The zero-order valence-corrected chi connectivity index (χ0v) is 11.1. The predicted octanol–water partition coefficient (Wildman–Crippen LogP) is 2.31. The summed E-state index contributed by atoms with van der Waals surface area (Å²) in [5.74, 6) is 0.366. The molecule has 3 nitrogen and oxygen atoms in total. The van der Waals surface area contributed by atoms with Crippen LogP contribution in [0.4, 0.5) is 0 Å². The molecule has 2 rings (SSSR count). The first-order chi connectivity index (χ1) is 8.33. The number of rotatable bonds is 3. The molecule has 0 aromatic rings. The summed E-state index contributed by atoms with van der Waals surface area (Å²) >= 11 is 0. The SMILES string of the molecule is CCNC1CCCN(C2CCCCCC2)C1=O. The molecule has 1 saturated heterocycles. The van der Waals surface area contributed by atoms with Gasteiger partial charge in [0.1, 0.15) is 0 Å². The Kier molecular flexibility index (Phi) is 4.84. The molecule has 2 fully saturated rings. The molecule has 0 radical (unpaired) electrons. The minimum Gasteiger partial charge on any atom is -0.338 e. The highest BCUT2D eigenvalue weighted by atomic mass is 16.2. The number of hydrogen-bond acceptors (Lipinski definition) is 2. The molecule has 98 valence electrons. The van der Waals surface area contributed by atoms with Crippen LogP contribution in [0.1, 0.15) is 58.3 Å². The molecule has 0 aromatic carbocycles. The van der Waals surface area contributed by atoms with Gasteiger partial charge < -0.3 is 10.2 Å². The van der Waals surface area contributed by atoms with Crippen molar-refractivity contribution in [1.82, 2.24) is 10.2 Å². The lowest BCUT2D eigenvalue weighted by Gasteiger charge is -2.38. The molecule has 0 aromatic heterocycles. The second-order valence-corrected chi connectivity index (χ2v) is 5.43. The maximum absolute atomic E-state index is 12.4. The number of nitrogens with one attached hydrogen (secondary N) is 1. The Balaban J connectivity index is 1.95. The van der Waals surface area contributed by atoms with E-state index < -0.39 is 0 Å². The predicted molar refractivity (Wildman–Crippen MR) is 69.9 cm³/mol. The minimum atomic E-state index is 0.0944. The standard InChI is InChI=1S/C14H26N2O/c1-2-15-13-10-7-11-16(14(13)17)12-8-5-3-4-6-9-12/h12-13,15H,2-11H2,1H3. The highest BCUT2D eigenvalue weighted by molar-refractivity contribution is 5.82. The molecule has 1 heterocycles. The van der Waals surface area contributed by atoms with Gasteiger partial charge in [-0.3, -0.25) is 4.79 Å². The second kappa shape index (κ2) is 6.39. The summed E-state index contributed by atoms with van der Waals surface area (Å²) in [4.78, 5) is 14.6. The molecule has 2 aliphatic rings. The fourth-order valence-corrected chi connectivity index (χ4v) is 3.27. The van der Waals surface area contributed by atoms with Gasteiger partial charge in [0.2, 0.25) is 5.91 Å². The first-order valence-corrected chi connectivity index (χ1v) is 7.36. The summed E-state index contributed by atoms with van der Waals surface area (Å²) in [6, 6.07) is 0.628. The number of likely N-dealkylation sites (N-methyl/N-ethyl adjacent to an activating group) is 1. The lowest BCUT2D eigenvalue weighted by molar-refractivity contribution is -0.138. The van der Waals surface area contributed by atoms with Gasteiger partial charge in [-0.2, -0.15) is 0 Å². The van der Waals surface area contributed by atoms with E-state index >= 15 is 0 Å². The largest absolute Gasteiger partial charge is 0.338 e. The van der Waals surface area contributed by atoms with Crippen LogP contribution < -0.4 is 5.32 Å². The number of piperidine rings is 1. The lowest BCUT2D eigenvalue weighted by atomic mass is 9.99. The Morgan fingerprint density at radius 2 is 1.82 bits per heavy atom. The fourth-order valence-electron chi connectivity index (χ4n) is 3.27. The first-order valence-electron chi connectivity index (χ1n) is 7.36. The number of carbonyl (C=O) groups excluding carboxylic acids is 1. The third kappa shape index (κ3) is 3.21. The van der Waals surface area contributed by atoms with E-state index in [1.807, 2.05) is 0 Å². The summed E-state index contributed by atoms with van der Waals surface area (Å²) < 4.78 is 0. The maximum atomic E-state index is 12.4. The van der Waals surface area contributed by atoms with Gasteiger partial charge in [-0.05, 0) is 32.2 Å². The molecule has 0 bridgehead atoms. The average molecular weight is 238 g/mol. The van der Waals surface area contributed by atoms with Gasteiger partial charge in [0.25, 0.3) is 0 Å². The van der Waals surface area contributed by atoms with Crippen molar-refractivity contribution in [2.24, 2.45) is 0 Å². The molecule has 1 amide bonds. The second-order valence-electron chi connectivity index (χ2n) is 5.43. The number of hydrogen-bond donors (Lipinski definition) is 1. The molecule has 0 spiro atoms. The number of likely N-dealkylation sites (tertiary alicyclic amines) is 1. The van der Waals surface area contributed by atoms with Crippen LogP contribution >= 0.6 is 0 Å². The van der Waals surface area contributed by atoms with E-state index in [1.165, 1.54) is 44.9 Å². The van der Waals surface area contributed by atoms with Crippen LogP contribution in [0, 0.1) is 0 Å². The van der Waals surface area contributed by atoms with Crippen LogP contribution in [0.2, 0.25) is 0 Å². The van der Waals surface area contributed by atoms with Gasteiger partial charge in [0.15, 0.2) is 0 Å². The molecule has 1 aliphatic heterocycles. The van der Waals surface area contributed by atoms with Crippen molar-refractivity contribution in [3.05, 3.63) is 0 Å². The van der Waals surface area contributed by atoms with E-state index in [2.05, 4.69) is 17.1 Å². The van der Waals surface area contributed by atoms with Gasteiger partial charge in [0, 0.05) is 12.6 Å². The quantitative estimate of drug-likeness (QED) is 0.765. The Morgan fingerprint density at radius 1 is 1.12 bits per heavy atom. The topological polar surface area (TPSA) is 32.3 Å². The third-order valence-corrected chi connectivity index (χ3v) is 4.19. The Labute approximate surface area is 105 Å². The normalized spacial score (nSPS) is 28.2. The molecule has 3 heteroatoms. The van der Waals surface area contributed by atoms with Gasteiger partial charge in [-0.15, -0.1) is 0 Å². The van der Waals surface area contributed by atoms with Crippen molar-refractivity contribution < 1.29 is 4.79 Å². The molecule has 1 saturated carbocycles. The number of nitrogens with zero attached hydrogens (tertiary/aromatic N) is 1. The fraction of sp³-hybridized carbons (Fsp3) is 0.929. The summed E-state index contributed by atoms with van der Waals surface area (Å²) in [6.45, 7) is 3.97. The van der Waals surface area contributed by atoms with Crippen LogP contribution in [0.3, 0.4) is 0 Å². The highest BCUT2D eigenvalue weighted by Crippen LogP contribution is 2.25. The van der Waals surface area contributed by atoms with E-state index in [-0.39, 0.29) is 6.04 Å².